The molecular formula is C23H26N8O5S2. The van der Waals surface area contributed by atoms with Gasteiger partial charge in [-0.05, 0) is 23.4 Å². The molecule has 5 N–H and O–H groups in total. The maximum atomic E-state index is 13.2. The molecule has 2 unspecified atom stereocenters. The number of Topliss-reactive ketones (excluding diaryl/α,β-unsaturated/α-hetero) is 1. The Labute approximate surface area is 222 Å². The normalized spacial score (nSPS) is 20.7. The van der Waals surface area contributed by atoms with E-state index in [4.69, 9.17) is 11.1 Å². The lowest BCUT2D eigenvalue weighted by molar-refractivity contribution is -0.117. The number of nitrogens with two attached hydrogens (primary N) is 1. The lowest BCUT2D eigenvalue weighted by Gasteiger charge is -2.22. The molecule has 2 aliphatic heterocycles. The third kappa shape index (κ3) is 5.10. The number of benzene rings is 1. The Hall–Kier alpha value is -3.50. The molecule has 38 heavy (non-hydrogen) atoms. The van der Waals surface area contributed by atoms with Crippen molar-refractivity contribution in [2.24, 2.45) is 5.73 Å². The smallest absolute Gasteiger partial charge is 0.291 e. The van der Waals surface area contributed by atoms with Gasteiger partial charge in [0.15, 0.2) is 11.6 Å². The number of carbonyl (C=O) groups is 2. The Morgan fingerprint density at radius 2 is 1.97 bits per heavy atom. The Bertz CT molecular complexity index is 1470. The van der Waals surface area contributed by atoms with Gasteiger partial charge in [-0.2, -0.15) is 26.7 Å². The van der Waals surface area contributed by atoms with Gasteiger partial charge in [0.25, 0.3) is 16.1 Å². The number of nitrogens with one attached hydrogen (secondary N) is 2. The van der Waals surface area contributed by atoms with Crippen molar-refractivity contribution in [3.63, 3.8) is 0 Å². The summed E-state index contributed by atoms with van der Waals surface area (Å²) in [5.74, 6) is -1.63. The molecule has 5 rings (SSSR count). The first-order chi connectivity index (χ1) is 18.1. The van der Waals surface area contributed by atoms with Crippen molar-refractivity contribution >= 4 is 45.0 Å². The van der Waals surface area contributed by atoms with Crippen LogP contribution in [0.4, 0.5) is 5.95 Å². The highest BCUT2D eigenvalue weighted by molar-refractivity contribution is 7.86. The van der Waals surface area contributed by atoms with Crippen LogP contribution in [0, 0.1) is 5.41 Å². The number of thiophene rings is 1. The second kappa shape index (κ2) is 10.3. The number of hydrogen-bond donors (Lipinski definition) is 4. The highest BCUT2D eigenvalue weighted by Gasteiger charge is 2.44. The average Bonchev–Trinajstić information content (AvgIpc) is 3.69. The van der Waals surface area contributed by atoms with Gasteiger partial charge in [-0.3, -0.25) is 15.0 Å². The maximum absolute atomic E-state index is 13.2. The summed E-state index contributed by atoms with van der Waals surface area (Å²) < 4.78 is 29.4. The van der Waals surface area contributed by atoms with E-state index in [0.29, 0.717) is 16.9 Å². The van der Waals surface area contributed by atoms with Gasteiger partial charge in [0.2, 0.25) is 5.95 Å². The first-order valence-corrected chi connectivity index (χ1v) is 14.1. The molecule has 0 saturated carbocycles. The number of aliphatic hydroxyl groups is 1. The Morgan fingerprint density at radius 1 is 1.21 bits per heavy atom. The molecule has 13 nitrogen and oxygen atoms in total. The molecule has 0 spiro atoms. The zero-order valence-corrected chi connectivity index (χ0v) is 21.8. The monoisotopic (exact) mass is 558 g/mol. The van der Waals surface area contributed by atoms with E-state index >= 15 is 0 Å². The molecule has 15 heteroatoms. The Kier molecular flexibility index (Phi) is 7.11. The van der Waals surface area contributed by atoms with E-state index in [0.717, 1.165) is 14.6 Å². The third-order valence-corrected chi connectivity index (χ3v) is 9.23. The SMILES string of the molecule is N=C(N)c1ccc(CNc2nc(C3CN(S(=O)(=O)N4CCC(O)C4)CC3=O)nn2C(=O)c2cccs2)cc1. The van der Waals surface area contributed by atoms with Crippen LogP contribution in [0.2, 0.25) is 0 Å². The fourth-order valence-corrected chi connectivity index (χ4v) is 6.66. The number of nitrogen functional groups attached to an aromatic ring is 1. The van der Waals surface area contributed by atoms with Gasteiger partial charge >= 0.3 is 0 Å². The van der Waals surface area contributed by atoms with Crippen LogP contribution in [0.3, 0.4) is 0 Å². The number of rotatable bonds is 8. The summed E-state index contributed by atoms with van der Waals surface area (Å²) in [7, 11) is -3.94. The van der Waals surface area contributed by atoms with Crippen LogP contribution in [0.1, 0.15) is 39.0 Å². The third-order valence-electron chi connectivity index (χ3n) is 6.46. The van der Waals surface area contributed by atoms with E-state index in [9.17, 15) is 23.1 Å². The molecule has 2 aromatic heterocycles. The number of carbonyl (C=O) groups excluding carboxylic acids is 2. The summed E-state index contributed by atoms with van der Waals surface area (Å²) in [5.41, 5.74) is 6.92. The molecule has 2 fully saturated rings. The first-order valence-electron chi connectivity index (χ1n) is 11.8. The van der Waals surface area contributed by atoms with E-state index in [1.54, 1.807) is 41.8 Å². The molecule has 2 saturated heterocycles. The van der Waals surface area contributed by atoms with Gasteiger partial charge in [-0.1, -0.05) is 30.3 Å². The van der Waals surface area contributed by atoms with Crippen LogP contribution in [0.5, 0.6) is 0 Å². The summed E-state index contributed by atoms with van der Waals surface area (Å²) >= 11 is 1.24. The lowest BCUT2D eigenvalue weighted by Crippen LogP contribution is -2.42. The van der Waals surface area contributed by atoms with Crippen LogP contribution in [0.15, 0.2) is 41.8 Å². The summed E-state index contributed by atoms with van der Waals surface area (Å²) in [5, 5.41) is 26.4. The van der Waals surface area contributed by atoms with Gasteiger partial charge in [0, 0.05) is 31.7 Å². The molecule has 4 heterocycles. The fourth-order valence-electron chi connectivity index (χ4n) is 4.36. The molecule has 1 aromatic carbocycles. The quantitative estimate of drug-likeness (QED) is 0.221. The van der Waals surface area contributed by atoms with Crippen molar-refractivity contribution in [3.05, 3.63) is 63.6 Å². The van der Waals surface area contributed by atoms with E-state index in [1.165, 1.54) is 15.6 Å². The Morgan fingerprint density at radius 3 is 2.61 bits per heavy atom. The summed E-state index contributed by atoms with van der Waals surface area (Å²) in [6, 6.07) is 10.4. The second-order valence-corrected chi connectivity index (χ2v) is 11.9. The molecule has 200 valence electrons. The van der Waals surface area contributed by atoms with Gasteiger partial charge < -0.3 is 16.2 Å². The van der Waals surface area contributed by atoms with E-state index in [1.807, 2.05) is 0 Å². The standard InChI is InChI=1S/C23H26N8O5S2/c24-20(25)15-5-3-14(4-6-15)10-26-23-27-21(28-31(23)22(34)19-2-1-9-37-19)17-12-30(13-18(17)33)38(35,36)29-8-7-16(32)11-29/h1-6,9,16-17,32H,7-8,10-13H2,(H3,24,25)(H,26,27,28). The van der Waals surface area contributed by atoms with Gasteiger partial charge in [0.05, 0.1) is 23.4 Å². The predicted octanol–water partition coefficient (Wildman–Crippen LogP) is 0.204. The minimum Gasteiger partial charge on any atom is -0.392 e. The zero-order chi connectivity index (χ0) is 27.0. The van der Waals surface area contributed by atoms with Crippen LogP contribution < -0.4 is 11.1 Å². The molecule has 2 aliphatic rings. The van der Waals surface area contributed by atoms with E-state index in [-0.39, 0.29) is 56.1 Å². The predicted molar refractivity (Wildman–Crippen MR) is 139 cm³/mol. The van der Waals surface area contributed by atoms with E-state index < -0.39 is 28.1 Å². The summed E-state index contributed by atoms with van der Waals surface area (Å²) in [6.07, 6.45) is -0.389. The molecule has 0 aliphatic carbocycles. The van der Waals surface area contributed by atoms with Crippen molar-refractivity contribution in [1.82, 2.24) is 23.4 Å². The number of aromatic nitrogens is 3. The number of aliphatic hydroxyl groups excluding tert-OH is 1. The van der Waals surface area contributed by atoms with Gasteiger partial charge in [0.1, 0.15) is 5.84 Å². The van der Waals surface area contributed by atoms with Crippen molar-refractivity contribution in [2.45, 2.75) is 25.0 Å². The second-order valence-electron chi connectivity index (χ2n) is 9.07. The minimum absolute atomic E-state index is 0.0126. The average molecular weight is 559 g/mol. The van der Waals surface area contributed by atoms with Crippen molar-refractivity contribution in [1.29, 1.82) is 5.41 Å². The van der Waals surface area contributed by atoms with Crippen LogP contribution in [-0.2, 0) is 21.5 Å². The van der Waals surface area contributed by atoms with Gasteiger partial charge in [-0.15, -0.1) is 16.4 Å². The lowest BCUT2D eigenvalue weighted by atomic mass is 10.1. The van der Waals surface area contributed by atoms with Crippen molar-refractivity contribution < 1.29 is 23.1 Å². The molecular weight excluding hydrogens is 532 g/mol. The maximum Gasteiger partial charge on any atom is 0.291 e. The number of amidine groups is 1. The number of ketones is 1. The minimum atomic E-state index is -3.94. The molecule has 0 amide bonds. The fraction of sp³-hybridized carbons (Fsp3) is 0.348. The molecule has 2 atom stereocenters. The largest absolute Gasteiger partial charge is 0.392 e. The van der Waals surface area contributed by atoms with Crippen LogP contribution in [-0.4, -0.2) is 86.7 Å². The van der Waals surface area contributed by atoms with E-state index in [2.05, 4.69) is 15.4 Å². The summed E-state index contributed by atoms with van der Waals surface area (Å²) in [6.45, 7) is -0.0521. The first kappa shape index (κ1) is 26.1. The highest BCUT2D eigenvalue weighted by atomic mass is 32.2. The molecule has 0 bridgehead atoms. The number of anilines is 1. The Balaban J connectivity index is 1.39. The number of hydrogen-bond acceptors (Lipinski definition) is 10. The van der Waals surface area contributed by atoms with Crippen LogP contribution >= 0.6 is 11.3 Å². The molecule has 3 aromatic rings. The van der Waals surface area contributed by atoms with Crippen molar-refractivity contribution in [2.75, 3.05) is 31.5 Å². The zero-order valence-electron chi connectivity index (χ0n) is 20.1. The topological polar surface area (TPSA) is 188 Å². The molecule has 0 radical (unpaired) electrons. The van der Waals surface area contributed by atoms with Crippen molar-refractivity contribution in [3.8, 4) is 0 Å². The summed E-state index contributed by atoms with van der Waals surface area (Å²) in [4.78, 5) is 30.9. The van der Waals surface area contributed by atoms with Gasteiger partial charge in [-0.25, -0.2) is 0 Å². The highest BCUT2D eigenvalue weighted by Crippen LogP contribution is 2.28. The number of nitrogens with zero attached hydrogens (tertiary/aromatic N) is 5. The van der Waals surface area contributed by atoms with Crippen LogP contribution in [0.25, 0.3) is 0 Å². The number of β-amino-alcohol motifs (C(OH)–C–C–N with tert-alkyl or cyclic N) is 1.